The Labute approximate surface area is 154 Å². The number of rotatable bonds is 7. The third-order valence-corrected chi connectivity index (χ3v) is 5.45. The first-order valence-corrected chi connectivity index (χ1v) is 9.21. The first-order chi connectivity index (χ1) is 11.8. The molecule has 0 aliphatic carbocycles. The Bertz CT molecular complexity index is 700. The molecular formula is C19H27N3O2S. The number of thiazole rings is 1. The van der Waals surface area contributed by atoms with E-state index in [1.165, 1.54) is 11.3 Å². The first-order valence-electron chi connectivity index (χ1n) is 8.40. The molecule has 2 rings (SSSR count). The zero-order valence-corrected chi connectivity index (χ0v) is 16.6. The zero-order valence-electron chi connectivity index (χ0n) is 15.8. The standard InChI is InChI=1S/C19H27N3O2S/c1-12(2)16(22(4)5)11-20-18(23)17-13(3)21-19(25-17)14-7-9-15(24-6)10-8-14/h7-10,12,16H,11H2,1-6H3,(H,20,23). The number of ether oxygens (including phenoxy) is 1. The van der Waals surface area contributed by atoms with Gasteiger partial charge in [0.2, 0.25) is 0 Å². The molecule has 0 bridgehead atoms. The average Bonchev–Trinajstić information content (AvgIpc) is 2.96. The number of hydrogen-bond donors (Lipinski definition) is 1. The molecule has 1 aromatic carbocycles. The van der Waals surface area contributed by atoms with Gasteiger partial charge in [0.1, 0.15) is 15.6 Å². The third kappa shape index (κ3) is 4.80. The van der Waals surface area contributed by atoms with E-state index in [0.717, 1.165) is 22.0 Å². The van der Waals surface area contributed by atoms with Gasteiger partial charge < -0.3 is 15.0 Å². The van der Waals surface area contributed by atoms with Crippen molar-refractivity contribution in [2.24, 2.45) is 5.92 Å². The maximum absolute atomic E-state index is 12.6. The summed E-state index contributed by atoms with van der Waals surface area (Å²) in [6, 6.07) is 8.02. The van der Waals surface area contributed by atoms with E-state index in [4.69, 9.17) is 4.74 Å². The van der Waals surface area contributed by atoms with Gasteiger partial charge in [-0.2, -0.15) is 0 Å². The van der Waals surface area contributed by atoms with Gasteiger partial charge in [0.25, 0.3) is 5.91 Å². The predicted octanol–water partition coefficient (Wildman–Crippen LogP) is 3.44. The van der Waals surface area contributed by atoms with Gasteiger partial charge >= 0.3 is 0 Å². The highest BCUT2D eigenvalue weighted by atomic mass is 32.1. The number of carbonyl (C=O) groups is 1. The first kappa shape index (κ1) is 19.4. The SMILES string of the molecule is COc1ccc(-c2nc(C)c(C(=O)NCC(C(C)C)N(C)C)s2)cc1. The monoisotopic (exact) mass is 361 g/mol. The molecule has 1 heterocycles. The predicted molar refractivity (Wildman–Crippen MR) is 103 cm³/mol. The van der Waals surface area contributed by atoms with E-state index < -0.39 is 0 Å². The van der Waals surface area contributed by atoms with Gasteiger partial charge in [0.15, 0.2) is 0 Å². The van der Waals surface area contributed by atoms with Gasteiger partial charge in [-0.05, 0) is 51.2 Å². The van der Waals surface area contributed by atoms with Crippen LogP contribution in [0.15, 0.2) is 24.3 Å². The molecule has 0 fully saturated rings. The maximum Gasteiger partial charge on any atom is 0.263 e. The van der Waals surface area contributed by atoms with Crippen LogP contribution in [0.4, 0.5) is 0 Å². The fourth-order valence-corrected chi connectivity index (χ4v) is 3.74. The van der Waals surface area contributed by atoms with Crippen LogP contribution in [-0.2, 0) is 0 Å². The van der Waals surface area contributed by atoms with Gasteiger partial charge in [-0.15, -0.1) is 11.3 Å². The Morgan fingerprint density at radius 1 is 1.28 bits per heavy atom. The molecule has 0 aliphatic heterocycles. The number of hydrogen-bond acceptors (Lipinski definition) is 5. The van der Waals surface area contributed by atoms with Crippen LogP contribution >= 0.6 is 11.3 Å². The number of aryl methyl sites for hydroxylation is 1. The minimum atomic E-state index is -0.0535. The molecule has 2 aromatic rings. The molecule has 1 N–H and O–H groups in total. The van der Waals surface area contributed by atoms with Crippen molar-refractivity contribution in [3.63, 3.8) is 0 Å². The van der Waals surface area contributed by atoms with Gasteiger partial charge in [-0.1, -0.05) is 13.8 Å². The van der Waals surface area contributed by atoms with Crippen molar-refractivity contribution in [1.29, 1.82) is 0 Å². The van der Waals surface area contributed by atoms with Crippen LogP contribution in [0.25, 0.3) is 10.6 Å². The van der Waals surface area contributed by atoms with Crippen LogP contribution in [0.5, 0.6) is 5.75 Å². The van der Waals surface area contributed by atoms with Crippen molar-refractivity contribution in [2.45, 2.75) is 26.8 Å². The van der Waals surface area contributed by atoms with Crippen LogP contribution in [0, 0.1) is 12.8 Å². The molecule has 5 nitrogen and oxygen atoms in total. The van der Waals surface area contributed by atoms with Crippen molar-refractivity contribution in [3.8, 4) is 16.3 Å². The Balaban J connectivity index is 2.11. The average molecular weight is 362 g/mol. The van der Waals surface area contributed by atoms with E-state index in [2.05, 4.69) is 29.0 Å². The lowest BCUT2D eigenvalue weighted by atomic mass is 10.0. The third-order valence-electron chi connectivity index (χ3n) is 4.24. The summed E-state index contributed by atoms with van der Waals surface area (Å²) in [5.74, 6) is 1.22. The highest BCUT2D eigenvalue weighted by Crippen LogP contribution is 2.29. The van der Waals surface area contributed by atoms with Gasteiger partial charge in [-0.3, -0.25) is 4.79 Å². The lowest BCUT2D eigenvalue weighted by Gasteiger charge is -2.27. The Kier molecular flexibility index (Phi) is 6.56. The molecule has 6 heteroatoms. The molecule has 0 spiro atoms. The summed E-state index contributed by atoms with van der Waals surface area (Å²) >= 11 is 1.43. The van der Waals surface area contributed by atoms with E-state index in [1.807, 2.05) is 45.3 Å². The number of carbonyl (C=O) groups excluding carboxylic acids is 1. The van der Waals surface area contributed by atoms with E-state index in [0.29, 0.717) is 23.4 Å². The smallest absolute Gasteiger partial charge is 0.263 e. The molecular weight excluding hydrogens is 334 g/mol. The fraction of sp³-hybridized carbons (Fsp3) is 0.474. The second kappa shape index (κ2) is 8.45. The highest BCUT2D eigenvalue weighted by Gasteiger charge is 2.20. The molecule has 1 aromatic heterocycles. The maximum atomic E-state index is 12.6. The zero-order chi connectivity index (χ0) is 18.6. The molecule has 1 unspecified atom stereocenters. The number of likely N-dealkylation sites (N-methyl/N-ethyl adjacent to an activating group) is 1. The van der Waals surface area contributed by atoms with Crippen LogP contribution in [0.2, 0.25) is 0 Å². The van der Waals surface area contributed by atoms with Gasteiger partial charge in [0, 0.05) is 18.2 Å². The summed E-state index contributed by atoms with van der Waals surface area (Å²) in [7, 11) is 5.72. The van der Waals surface area contributed by atoms with Crippen LogP contribution in [0.1, 0.15) is 29.2 Å². The Morgan fingerprint density at radius 2 is 1.92 bits per heavy atom. The summed E-state index contributed by atoms with van der Waals surface area (Å²) in [5, 5.41) is 3.90. The molecule has 1 atom stereocenters. The van der Waals surface area contributed by atoms with Crippen molar-refractivity contribution < 1.29 is 9.53 Å². The quantitative estimate of drug-likeness (QED) is 0.821. The van der Waals surface area contributed by atoms with E-state index in [9.17, 15) is 4.79 Å². The normalized spacial score (nSPS) is 12.5. The number of aromatic nitrogens is 1. The van der Waals surface area contributed by atoms with Crippen molar-refractivity contribution in [3.05, 3.63) is 34.8 Å². The van der Waals surface area contributed by atoms with Crippen LogP contribution < -0.4 is 10.1 Å². The molecule has 0 aliphatic rings. The summed E-state index contributed by atoms with van der Waals surface area (Å²) in [6.07, 6.45) is 0. The molecule has 0 saturated heterocycles. The number of nitrogens with zero attached hydrogens (tertiary/aromatic N) is 2. The van der Waals surface area contributed by atoms with Crippen molar-refractivity contribution >= 4 is 17.2 Å². The fourth-order valence-electron chi connectivity index (χ4n) is 2.76. The number of nitrogens with one attached hydrogen (secondary N) is 1. The number of methoxy groups -OCH3 is 1. The Hall–Kier alpha value is -1.92. The largest absolute Gasteiger partial charge is 0.497 e. The van der Waals surface area contributed by atoms with Crippen molar-refractivity contribution in [1.82, 2.24) is 15.2 Å². The summed E-state index contributed by atoms with van der Waals surface area (Å²) in [6.45, 7) is 6.83. The highest BCUT2D eigenvalue weighted by molar-refractivity contribution is 7.17. The molecule has 136 valence electrons. The topological polar surface area (TPSA) is 54.5 Å². The molecule has 25 heavy (non-hydrogen) atoms. The van der Waals surface area contributed by atoms with Crippen molar-refractivity contribution in [2.75, 3.05) is 27.7 Å². The van der Waals surface area contributed by atoms with Gasteiger partial charge in [0.05, 0.1) is 12.8 Å². The molecule has 1 amide bonds. The van der Waals surface area contributed by atoms with E-state index >= 15 is 0 Å². The molecule has 0 saturated carbocycles. The second-order valence-electron chi connectivity index (χ2n) is 6.65. The summed E-state index contributed by atoms with van der Waals surface area (Å²) < 4.78 is 5.18. The van der Waals surface area contributed by atoms with E-state index in [-0.39, 0.29) is 5.91 Å². The van der Waals surface area contributed by atoms with Crippen LogP contribution in [-0.4, -0.2) is 49.6 Å². The Morgan fingerprint density at radius 3 is 2.44 bits per heavy atom. The summed E-state index contributed by atoms with van der Waals surface area (Å²) in [5.41, 5.74) is 1.75. The minimum Gasteiger partial charge on any atom is -0.497 e. The van der Waals surface area contributed by atoms with E-state index in [1.54, 1.807) is 7.11 Å². The number of amides is 1. The van der Waals surface area contributed by atoms with Gasteiger partial charge in [-0.25, -0.2) is 4.98 Å². The number of benzene rings is 1. The minimum absolute atomic E-state index is 0.0535. The second-order valence-corrected chi connectivity index (χ2v) is 7.65. The van der Waals surface area contributed by atoms with Crippen LogP contribution in [0.3, 0.4) is 0 Å². The lowest BCUT2D eigenvalue weighted by molar-refractivity contribution is 0.0938. The lowest BCUT2D eigenvalue weighted by Crippen LogP contribution is -2.43. The molecule has 0 radical (unpaired) electrons. The summed E-state index contributed by atoms with van der Waals surface area (Å²) in [4.78, 5) is 20.0.